The smallest absolute Gasteiger partial charge is 0.262 e. The molecule has 3 N–H and O–H groups in total. The minimum Gasteiger partial charge on any atom is -0.368 e. The standard InChI is InChI=1S/C10H14N2O4S/c1-7-3-4-9(8(2)5-7)17(14,15)12-16-6-10(11)13/h3-5,12H,6H2,1-2H3,(H2,11,13). The molecule has 0 aliphatic carbocycles. The van der Waals surface area contributed by atoms with Crippen LogP contribution in [0.1, 0.15) is 11.1 Å². The third-order valence-electron chi connectivity index (χ3n) is 2.00. The van der Waals surface area contributed by atoms with E-state index < -0.39 is 22.5 Å². The first-order valence-corrected chi connectivity index (χ1v) is 6.30. The Bertz CT molecular complexity index is 525. The Labute approximate surface area is 99.8 Å². The van der Waals surface area contributed by atoms with Crippen LogP contribution in [0.15, 0.2) is 23.1 Å². The predicted molar refractivity (Wildman–Crippen MR) is 61.4 cm³/mol. The van der Waals surface area contributed by atoms with Gasteiger partial charge in [-0.2, -0.15) is 0 Å². The predicted octanol–water partition coefficient (Wildman–Crippen LogP) is -0.00136. The van der Waals surface area contributed by atoms with Gasteiger partial charge in [-0.1, -0.05) is 22.6 Å². The number of carbonyl (C=O) groups is 1. The molecule has 0 aliphatic rings. The van der Waals surface area contributed by atoms with E-state index in [4.69, 9.17) is 5.73 Å². The maximum absolute atomic E-state index is 11.8. The van der Waals surface area contributed by atoms with E-state index in [1.54, 1.807) is 19.1 Å². The monoisotopic (exact) mass is 258 g/mol. The van der Waals surface area contributed by atoms with Crippen molar-refractivity contribution in [3.63, 3.8) is 0 Å². The quantitative estimate of drug-likeness (QED) is 0.726. The second-order valence-electron chi connectivity index (χ2n) is 3.61. The summed E-state index contributed by atoms with van der Waals surface area (Å²) in [5, 5.41) is 0. The molecule has 0 fully saturated rings. The van der Waals surface area contributed by atoms with Crippen LogP contribution in [0.5, 0.6) is 0 Å². The molecule has 0 spiro atoms. The Kier molecular flexibility index (Phi) is 4.22. The van der Waals surface area contributed by atoms with Gasteiger partial charge in [-0.25, -0.2) is 8.42 Å². The zero-order valence-corrected chi connectivity index (χ0v) is 10.4. The van der Waals surface area contributed by atoms with E-state index in [9.17, 15) is 13.2 Å². The zero-order chi connectivity index (χ0) is 13.1. The minimum absolute atomic E-state index is 0.104. The van der Waals surface area contributed by atoms with Gasteiger partial charge in [-0.3, -0.25) is 9.63 Å². The summed E-state index contributed by atoms with van der Waals surface area (Å²) in [6.45, 7) is 3.03. The first-order valence-electron chi connectivity index (χ1n) is 4.82. The number of nitrogens with one attached hydrogen (secondary N) is 1. The summed E-state index contributed by atoms with van der Waals surface area (Å²) in [4.78, 5) is 16.8. The Morgan fingerprint density at radius 2 is 2.06 bits per heavy atom. The molecule has 0 unspecified atom stereocenters. The van der Waals surface area contributed by atoms with E-state index >= 15 is 0 Å². The van der Waals surface area contributed by atoms with Crippen molar-refractivity contribution in [2.75, 3.05) is 6.61 Å². The topological polar surface area (TPSA) is 98.5 Å². The average molecular weight is 258 g/mol. The Morgan fingerprint density at radius 1 is 1.41 bits per heavy atom. The molecule has 0 heterocycles. The van der Waals surface area contributed by atoms with Crippen LogP contribution in [-0.2, 0) is 19.7 Å². The fraction of sp³-hybridized carbons (Fsp3) is 0.300. The van der Waals surface area contributed by atoms with E-state index in [-0.39, 0.29) is 4.90 Å². The number of sulfonamides is 1. The van der Waals surface area contributed by atoms with Gasteiger partial charge in [0, 0.05) is 0 Å². The van der Waals surface area contributed by atoms with E-state index in [0.717, 1.165) is 5.56 Å². The van der Waals surface area contributed by atoms with Gasteiger partial charge in [0.2, 0.25) is 5.91 Å². The molecule has 6 nitrogen and oxygen atoms in total. The molecule has 0 radical (unpaired) electrons. The maximum atomic E-state index is 11.8. The van der Waals surface area contributed by atoms with Crippen molar-refractivity contribution in [1.82, 2.24) is 4.89 Å². The molecule has 1 aromatic carbocycles. The van der Waals surface area contributed by atoms with E-state index in [1.165, 1.54) is 6.07 Å². The zero-order valence-electron chi connectivity index (χ0n) is 9.56. The summed E-state index contributed by atoms with van der Waals surface area (Å²) < 4.78 is 23.5. The van der Waals surface area contributed by atoms with Crippen molar-refractivity contribution in [3.05, 3.63) is 29.3 Å². The van der Waals surface area contributed by atoms with Crippen LogP contribution in [0.2, 0.25) is 0 Å². The molecular weight excluding hydrogens is 244 g/mol. The van der Waals surface area contributed by atoms with Crippen LogP contribution in [-0.4, -0.2) is 20.9 Å². The van der Waals surface area contributed by atoms with Crippen LogP contribution in [0.4, 0.5) is 0 Å². The van der Waals surface area contributed by atoms with Crippen LogP contribution in [0.25, 0.3) is 0 Å². The number of amides is 1. The summed E-state index contributed by atoms with van der Waals surface area (Å²) in [7, 11) is -3.78. The molecule has 17 heavy (non-hydrogen) atoms. The molecule has 0 atom stereocenters. The molecule has 1 rings (SSSR count). The third-order valence-corrected chi connectivity index (χ3v) is 3.38. The second kappa shape index (κ2) is 5.26. The van der Waals surface area contributed by atoms with Gasteiger partial charge >= 0.3 is 0 Å². The number of primary amides is 1. The summed E-state index contributed by atoms with van der Waals surface area (Å²) in [5.41, 5.74) is 6.37. The summed E-state index contributed by atoms with van der Waals surface area (Å²) >= 11 is 0. The number of hydrogen-bond acceptors (Lipinski definition) is 4. The number of aryl methyl sites for hydroxylation is 2. The van der Waals surface area contributed by atoms with Crippen LogP contribution >= 0.6 is 0 Å². The molecule has 0 saturated carbocycles. The molecule has 1 aromatic rings. The Morgan fingerprint density at radius 3 is 2.59 bits per heavy atom. The molecule has 0 aromatic heterocycles. The maximum Gasteiger partial charge on any atom is 0.262 e. The van der Waals surface area contributed by atoms with Crippen molar-refractivity contribution in [2.24, 2.45) is 5.73 Å². The van der Waals surface area contributed by atoms with Gasteiger partial charge in [0.25, 0.3) is 10.0 Å². The van der Waals surface area contributed by atoms with E-state index in [2.05, 4.69) is 4.84 Å². The fourth-order valence-corrected chi connectivity index (χ4v) is 2.36. The highest BCUT2D eigenvalue weighted by Gasteiger charge is 2.17. The molecular formula is C10H14N2O4S. The van der Waals surface area contributed by atoms with Gasteiger partial charge in [0.05, 0.1) is 4.90 Å². The van der Waals surface area contributed by atoms with E-state index in [1.807, 2.05) is 11.8 Å². The molecule has 0 aliphatic heterocycles. The van der Waals surface area contributed by atoms with Gasteiger partial charge in [0.15, 0.2) is 0 Å². The molecule has 7 heteroatoms. The van der Waals surface area contributed by atoms with Crippen molar-refractivity contribution < 1.29 is 18.0 Å². The third kappa shape index (κ3) is 3.81. The average Bonchev–Trinajstić information content (AvgIpc) is 2.15. The lowest BCUT2D eigenvalue weighted by molar-refractivity contribution is -0.123. The van der Waals surface area contributed by atoms with Crippen molar-refractivity contribution in [2.45, 2.75) is 18.7 Å². The number of rotatable bonds is 5. The lowest BCUT2D eigenvalue weighted by Gasteiger charge is -2.09. The van der Waals surface area contributed by atoms with Gasteiger partial charge in [-0.15, -0.1) is 0 Å². The number of hydrogen-bond donors (Lipinski definition) is 2. The molecule has 0 bridgehead atoms. The first kappa shape index (κ1) is 13.6. The number of carbonyl (C=O) groups excluding carboxylic acids is 1. The first-order chi connectivity index (χ1) is 7.83. The summed E-state index contributed by atoms with van der Waals surface area (Å²) in [6.07, 6.45) is 0. The number of nitrogens with two attached hydrogens (primary N) is 1. The van der Waals surface area contributed by atoms with Gasteiger partial charge in [-0.05, 0) is 25.5 Å². The molecule has 1 amide bonds. The Hall–Kier alpha value is -1.44. The number of benzene rings is 1. The van der Waals surface area contributed by atoms with Crippen LogP contribution in [0.3, 0.4) is 0 Å². The Balaban J connectivity index is 2.86. The van der Waals surface area contributed by atoms with Crippen molar-refractivity contribution in [3.8, 4) is 0 Å². The van der Waals surface area contributed by atoms with Gasteiger partial charge in [0.1, 0.15) is 6.61 Å². The highest BCUT2D eigenvalue weighted by Crippen LogP contribution is 2.15. The normalized spacial score (nSPS) is 11.4. The second-order valence-corrected chi connectivity index (χ2v) is 5.22. The lowest BCUT2D eigenvalue weighted by Crippen LogP contribution is -2.29. The SMILES string of the molecule is Cc1ccc(S(=O)(=O)NOCC(N)=O)c(C)c1. The minimum atomic E-state index is -3.78. The van der Waals surface area contributed by atoms with Crippen molar-refractivity contribution >= 4 is 15.9 Å². The van der Waals surface area contributed by atoms with Crippen LogP contribution < -0.4 is 10.6 Å². The largest absolute Gasteiger partial charge is 0.368 e. The molecule has 0 saturated heterocycles. The van der Waals surface area contributed by atoms with Gasteiger partial charge < -0.3 is 5.73 Å². The highest BCUT2D eigenvalue weighted by molar-refractivity contribution is 7.89. The van der Waals surface area contributed by atoms with Crippen LogP contribution in [0, 0.1) is 13.8 Å². The summed E-state index contributed by atoms with van der Waals surface area (Å²) in [6, 6.07) is 4.89. The summed E-state index contributed by atoms with van der Waals surface area (Å²) in [5.74, 6) is -0.756. The fourth-order valence-electron chi connectivity index (χ4n) is 1.32. The molecule has 94 valence electrons. The van der Waals surface area contributed by atoms with E-state index in [0.29, 0.717) is 5.56 Å². The lowest BCUT2D eigenvalue weighted by atomic mass is 10.2. The highest BCUT2D eigenvalue weighted by atomic mass is 32.2. The van der Waals surface area contributed by atoms with Crippen molar-refractivity contribution in [1.29, 1.82) is 0 Å².